The summed E-state index contributed by atoms with van der Waals surface area (Å²) in [5.41, 5.74) is 2.03. The molecule has 4 heteroatoms. The zero-order valence-corrected chi connectivity index (χ0v) is 11.6. The van der Waals surface area contributed by atoms with Crippen molar-refractivity contribution in [3.05, 3.63) is 29.8 Å². The van der Waals surface area contributed by atoms with Crippen molar-refractivity contribution in [1.82, 2.24) is 5.32 Å². The van der Waals surface area contributed by atoms with Crippen LogP contribution in [0.15, 0.2) is 24.3 Å². The molecule has 0 bridgehead atoms. The van der Waals surface area contributed by atoms with Crippen LogP contribution >= 0.6 is 0 Å². The molecule has 102 valence electrons. The molecule has 0 saturated carbocycles. The predicted octanol–water partition coefficient (Wildman–Crippen LogP) is 1.87. The minimum absolute atomic E-state index is 0.0211. The summed E-state index contributed by atoms with van der Waals surface area (Å²) in [6, 6.07) is 7.91. The van der Waals surface area contributed by atoms with Gasteiger partial charge in [0.15, 0.2) is 0 Å². The lowest BCUT2D eigenvalue weighted by molar-refractivity contribution is -0.126. The Hall–Kier alpha value is -1.84. The second-order valence-corrected chi connectivity index (χ2v) is 5.40. The van der Waals surface area contributed by atoms with Crippen LogP contribution in [0.2, 0.25) is 0 Å². The zero-order valence-electron chi connectivity index (χ0n) is 11.6. The van der Waals surface area contributed by atoms with E-state index in [0.717, 1.165) is 11.3 Å². The van der Waals surface area contributed by atoms with E-state index in [2.05, 4.69) is 5.32 Å². The third-order valence-corrected chi connectivity index (χ3v) is 3.27. The maximum absolute atomic E-state index is 12.0. The Bertz CT molecular complexity index is 479. The van der Waals surface area contributed by atoms with Gasteiger partial charge in [0, 0.05) is 24.7 Å². The van der Waals surface area contributed by atoms with Crippen molar-refractivity contribution in [3.63, 3.8) is 0 Å². The second-order valence-electron chi connectivity index (χ2n) is 5.40. The molecule has 2 rings (SSSR count). The smallest absolute Gasteiger partial charge is 0.227 e. The van der Waals surface area contributed by atoms with Crippen molar-refractivity contribution in [2.75, 3.05) is 11.4 Å². The summed E-state index contributed by atoms with van der Waals surface area (Å²) < 4.78 is 0. The summed E-state index contributed by atoms with van der Waals surface area (Å²) >= 11 is 0. The van der Waals surface area contributed by atoms with Crippen LogP contribution in [0, 0.1) is 12.8 Å². The van der Waals surface area contributed by atoms with E-state index in [-0.39, 0.29) is 23.8 Å². The molecule has 2 amide bonds. The number of rotatable bonds is 3. The van der Waals surface area contributed by atoms with Gasteiger partial charge < -0.3 is 10.2 Å². The molecule has 0 unspecified atom stereocenters. The summed E-state index contributed by atoms with van der Waals surface area (Å²) in [7, 11) is 0. The van der Waals surface area contributed by atoms with Gasteiger partial charge in [-0.25, -0.2) is 0 Å². The van der Waals surface area contributed by atoms with Gasteiger partial charge in [0.2, 0.25) is 11.8 Å². The topological polar surface area (TPSA) is 49.4 Å². The number of hydrogen-bond donors (Lipinski definition) is 1. The molecule has 1 atom stereocenters. The summed E-state index contributed by atoms with van der Waals surface area (Å²) in [6.45, 7) is 6.33. The van der Waals surface area contributed by atoms with Gasteiger partial charge in [0.05, 0.1) is 5.92 Å². The SMILES string of the molecule is Cc1ccc(N2C[C@H](C(=O)NC(C)C)CC2=O)cc1. The number of amides is 2. The van der Waals surface area contributed by atoms with Crippen molar-refractivity contribution in [2.24, 2.45) is 5.92 Å². The number of aryl methyl sites for hydroxylation is 1. The van der Waals surface area contributed by atoms with Crippen LogP contribution in [0.4, 0.5) is 5.69 Å². The number of benzene rings is 1. The highest BCUT2D eigenvalue weighted by Gasteiger charge is 2.35. The Morgan fingerprint density at radius 2 is 1.95 bits per heavy atom. The van der Waals surface area contributed by atoms with Crippen LogP contribution in [0.25, 0.3) is 0 Å². The Labute approximate surface area is 113 Å². The lowest BCUT2D eigenvalue weighted by Crippen LogP contribution is -2.36. The standard InChI is InChI=1S/C15H20N2O2/c1-10(2)16-15(19)12-8-14(18)17(9-12)13-6-4-11(3)5-7-13/h4-7,10,12H,8-9H2,1-3H3,(H,16,19)/t12-/m1/s1. The number of hydrogen-bond acceptors (Lipinski definition) is 2. The van der Waals surface area contributed by atoms with Crippen LogP contribution in [0.3, 0.4) is 0 Å². The van der Waals surface area contributed by atoms with Crippen LogP contribution in [-0.2, 0) is 9.59 Å². The Morgan fingerprint density at radius 1 is 1.32 bits per heavy atom. The van der Waals surface area contributed by atoms with Gasteiger partial charge in [-0.15, -0.1) is 0 Å². The van der Waals surface area contributed by atoms with E-state index >= 15 is 0 Å². The molecule has 1 aromatic rings. The van der Waals surface area contributed by atoms with Gasteiger partial charge in [-0.3, -0.25) is 9.59 Å². The normalized spacial score (nSPS) is 19.1. The predicted molar refractivity (Wildman–Crippen MR) is 74.9 cm³/mol. The highest BCUT2D eigenvalue weighted by atomic mass is 16.2. The van der Waals surface area contributed by atoms with Crippen LogP contribution in [0.1, 0.15) is 25.8 Å². The highest BCUT2D eigenvalue weighted by molar-refractivity contribution is 6.00. The summed E-state index contributed by atoms with van der Waals surface area (Å²) in [4.78, 5) is 25.6. The molecule has 4 nitrogen and oxygen atoms in total. The highest BCUT2D eigenvalue weighted by Crippen LogP contribution is 2.25. The number of nitrogens with one attached hydrogen (secondary N) is 1. The molecule has 0 aliphatic carbocycles. The summed E-state index contributed by atoms with van der Waals surface area (Å²) in [5.74, 6) is -0.248. The average Bonchev–Trinajstić information content (AvgIpc) is 2.72. The molecule has 1 aliphatic heterocycles. The van der Waals surface area contributed by atoms with Gasteiger partial charge in [-0.05, 0) is 32.9 Å². The molecule has 1 aliphatic rings. The third-order valence-electron chi connectivity index (χ3n) is 3.27. The van der Waals surface area contributed by atoms with Gasteiger partial charge in [0.1, 0.15) is 0 Å². The van der Waals surface area contributed by atoms with E-state index in [9.17, 15) is 9.59 Å². The first-order valence-electron chi connectivity index (χ1n) is 6.65. The largest absolute Gasteiger partial charge is 0.354 e. The monoisotopic (exact) mass is 260 g/mol. The summed E-state index contributed by atoms with van der Waals surface area (Å²) in [6.07, 6.45) is 0.298. The number of nitrogens with zero attached hydrogens (tertiary/aromatic N) is 1. The molecule has 0 aromatic heterocycles. The molecular formula is C15H20N2O2. The third kappa shape index (κ3) is 3.13. The van der Waals surface area contributed by atoms with Gasteiger partial charge in [-0.2, -0.15) is 0 Å². The maximum Gasteiger partial charge on any atom is 0.227 e. The maximum atomic E-state index is 12.0. The lowest BCUT2D eigenvalue weighted by Gasteiger charge is -2.17. The second kappa shape index (κ2) is 5.43. The molecule has 0 radical (unpaired) electrons. The van der Waals surface area contributed by atoms with E-state index in [1.54, 1.807) is 4.90 Å². The van der Waals surface area contributed by atoms with E-state index in [1.807, 2.05) is 45.0 Å². The van der Waals surface area contributed by atoms with Gasteiger partial charge >= 0.3 is 0 Å². The fraction of sp³-hybridized carbons (Fsp3) is 0.467. The molecule has 0 spiro atoms. The average molecular weight is 260 g/mol. The van der Waals surface area contributed by atoms with Gasteiger partial charge in [-0.1, -0.05) is 17.7 Å². The van der Waals surface area contributed by atoms with E-state index < -0.39 is 0 Å². The van der Waals surface area contributed by atoms with Crippen molar-refractivity contribution in [2.45, 2.75) is 33.2 Å². The Morgan fingerprint density at radius 3 is 2.53 bits per heavy atom. The fourth-order valence-corrected chi connectivity index (χ4v) is 2.26. The van der Waals surface area contributed by atoms with Crippen LogP contribution < -0.4 is 10.2 Å². The first-order valence-corrected chi connectivity index (χ1v) is 6.65. The van der Waals surface area contributed by atoms with Crippen LogP contribution in [0.5, 0.6) is 0 Å². The molecule has 1 N–H and O–H groups in total. The quantitative estimate of drug-likeness (QED) is 0.902. The van der Waals surface area contributed by atoms with Crippen molar-refractivity contribution in [1.29, 1.82) is 0 Å². The molecule has 19 heavy (non-hydrogen) atoms. The first-order chi connectivity index (χ1) is 8.97. The zero-order chi connectivity index (χ0) is 14.0. The lowest BCUT2D eigenvalue weighted by atomic mass is 10.1. The van der Waals surface area contributed by atoms with E-state index in [0.29, 0.717) is 13.0 Å². The fourth-order valence-electron chi connectivity index (χ4n) is 2.26. The van der Waals surface area contributed by atoms with Crippen molar-refractivity contribution in [3.8, 4) is 0 Å². The first kappa shape index (κ1) is 13.6. The molecule has 1 fully saturated rings. The summed E-state index contributed by atoms with van der Waals surface area (Å²) in [5, 5.41) is 2.87. The van der Waals surface area contributed by atoms with Gasteiger partial charge in [0.25, 0.3) is 0 Å². The van der Waals surface area contributed by atoms with E-state index in [1.165, 1.54) is 0 Å². The minimum Gasteiger partial charge on any atom is -0.354 e. The molecular weight excluding hydrogens is 240 g/mol. The van der Waals surface area contributed by atoms with Crippen LogP contribution in [-0.4, -0.2) is 24.4 Å². The molecule has 1 saturated heterocycles. The number of anilines is 1. The minimum atomic E-state index is -0.240. The van der Waals surface area contributed by atoms with E-state index in [4.69, 9.17) is 0 Å². The number of carbonyl (C=O) groups is 2. The Kier molecular flexibility index (Phi) is 3.88. The number of carbonyl (C=O) groups excluding carboxylic acids is 2. The molecule has 1 aromatic carbocycles. The Balaban J connectivity index is 2.07. The molecule has 1 heterocycles. The van der Waals surface area contributed by atoms with Crippen molar-refractivity contribution >= 4 is 17.5 Å². The van der Waals surface area contributed by atoms with Crippen molar-refractivity contribution < 1.29 is 9.59 Å².